The number of hydrogen-bond acceptors (Lipinski definition) is 5. The van der Waals surface area contributed by atoms with Crippen LogP contribution < -0.4 is 5.32 Å². The van der Waals surface area contributed by atoms with Crippen molar-refractivity contribution < 1.29 is 18.0 Å². The summed E-state index contributed by atoms with van der Waals surface area (Å²) in [5, 5.41) is 3.48. The lowest BCUT2D eigenvalue weighted by Crippen LogP contribution is -2.13. The van der Waals surface area contributed by atoms with Crippen LogP contribution in [0.4, 0.5) is 18.9 Å². The Morgan fingerprint density at radius 3 is 2.65 bits per heavy atom. The van der Waals surface area contributed by atoms with Gasteiger partial charge in [0.1, 0.15) is 15.9 Å². The van der Waals surface area contributed by atoms with Crippen molar-refractivity contribution in [3.05, 3.63) is 51.9 Å². The van der Waals surface area contributed by atoms with Gasteiger partial charge in [-0.2, -0.15) is 21.9 Å². The van der Waals surface area contributed by atoms with E-state index >= 15 is 0 Å². The van der Waals surface area contributed by atoms with E-state index in [0.717, 1.165) is 28.6 Å². The summed E-state index contributed by atoms with van der Waals surface area (Å²) in [6, 6.07) is 8.95. The minimum Gasteiger partial charge on any atom is -0.319 e. The van der Waals surface area contributed by atoms with Crippen molar-refractivity contribution in [3.8, 4) is 0 Å². The van der Waals surface area contributed by atoms with E-state index in [-0.39, 0.29) is 26.6 Å². The molecule has 0 aliphatic carbocycles. The average molecular weight is 414 g/mol. The fraction of sp³-hybridized carbons (Fsp3) is 0.0625. The van der Waals surface area contributed by atoms with Gasteiger partial charge in [0.25, 0.3) is 5.91 Å². The highest BCUT2D eigenvalue weighted by Gasteiger charge is 2.32. The second kappa shape index (κ2) is 6.19. The zero-order valence-electron chi connectivity index (χ0n) is 12.6. The molecule has 0 saturated carbocycles. The van der Waals surface area contributed by atoms with E-state index < -0.39 is 17.6 Å². The molecule has 4 aromatic rings. The fourth-order valence-corrected chi connectivity index (χ4v) is 4.44. The number of nitrogens with one attached hydrogen (secondary N) is 1. The first-order chi connectivity index (χ1) is 12.3. The number of rotatable bonds is 2. The molecule has 2 aromatic carbocycles. The largest absolute Gasteiger partial charge is 0.416 e. The van der Waals surface area contributed by atoms with Crippen LogP contribution >= 0.6 is 34.7 Å². The van der Waals surface area contributed by atoms with Crippen LogP contribution in [0.2, 0.25) is 5.02 Å². The van der Waals surface area contributed by atoms with Crippen LogP contribution in [0.5, 0.6) is 0 Å². The summed E-state index contributed by atoms with van der Waals surface area (Å²) in [5.41, 5.74) is -0.686. The Kier molecular flexibility index (Phi) is 4.09. The molecular weight excluding hydrogens is 407 g/mol. The molecule has 0 saturated heterocycles. The second-order valence-electron chi connectivity index (χ2n) is 5.35. The molecule has 2 heterocycles. The van der Waals surface area contributed by atoms with Crippen molar-refractivity contribution in [3.63, 3.8) is 0 Å². The highest BCUT2D eigenvalue weighted by molar-refractivity contribution is 7.21. The summed E-state index contributed by atoms with van der Waals surface area (Å²) in [5.74, 6) is -0.593. The minimum atomic E-state index is -4.56. The smallest absolute Gasteiger partial charge is 0.319 e. The standard InChI is InChI=1S/C16H7ClF3N3OS2/c17-12-8-3-1-2-4-11(8)25-14(12)15(24)21-9-5-7(16(18,19)20)6-10-13(9)23-26-22-10/h1-6H,(H,21,24). The quantitative estimate of drug-likeness (QED) is 0.449. The van der Waals surface area contributed by atoms with Crippen LogP contribution in [0.3, 0.4) is 0 Å². The molecule has 26 heavy (non-hydrogen) atoms. The number of hydrogen-bond donors (Lipinski definition) is 1. The number of anilines is 1. The van der Waals surface area contributed by atoms with Crippen LogP contribution in [0, 0.1) is 0 Å². The lowest BCUT2D eigenvalue weighted by Gasteiger charge is -2.10. The maximum Gasteiger partial charge on any atom is 0.416 e. The van der Waals surface area contributed by atoms with Crippen molar-refractivity contribution in [1.29, 1.82) is 0 Å². The first-order valence-corrected chi connectivity index (χ1v) is 9.09. The number of carbonyl (C=O) groups is 1. The number of aromatic nitrogens is 2. The summed E-state index contributed by atoms with van der Waals surface area (Å²) < 4.78 is 47.9. The third kappa shape index (κ3) is 2.91. The molecule has 0 aliphatic rings. The van der Waals surface area contributed by atoms with E-state index in [1.807, 2.05) is 12.1 Å². The molecule has 0 atom stereocenters. The molecule has 2 aromatic heterocycles. The first kappa shape index (κ1) is 17.2. The van der Waals surface area contributed by atoms with Gasteiger partial charge in [-0.15, -0.1) is 11.3 Å². The first-order valence-electron chi connectivity index (χ1n) is 7.16. The molecule has 0 radical (unpaired) electrons. The highest BCUT2D eigenvalue weighted by Crippen LogP contribution is 2.37. The van der Waals surface area contributed by atoms with Crippen LogP contribution in [0.15, 0.2) is 36.4 Å². The number of carbonyl (C=O) groups excluding carboxylic acids is 1. The topological polar surface area (TPSA) is 54.9 Å². The van der Waals surface area contributed by atoms with Gasteiger partial charge in [0.2, 0.25) is 0 Å². The predicted octanol–water partition coefficient (Wildman–Crippen LogP) is 5.83. The number of thiophene rings is 1. The van der Waals surface area contributed by atoms with Crippen molar-refractivity contribution in [1.82, 2.24) is 8.75 Å². The van der Waals surface area contributed by atoms with E-state index in [9.17, 15) is 18.0 Å². The Labute approximate surface area is 157 Å². The second-order valence-corrected chi connectivity index (χ2v) is 7.31. The van der Waals surface area contributed by atoms with Crippen molar-refractivity contribution in [2.75, 3.05) is 5.32 Å². The summed E-state index contributed by atoms with van der Waals surface area (Å²) >= 11 is 8.21. The molecule has 0 fully saturated rings. The average Bonchev–Trinajstić information content (AvgIpc) is 3.19. The summed E-state index contributed by atoms with van der Waals surface area (Å²) in [6.07, 6.45) is -4.56. The lowest BCUT2D eigenvalue weighted by molar-refractivity contribution is -0.137. The van der Waals surface area contributed by atoms with Gasteiger partial charge in [0.05, 0.1) is 28.0 Å². The Morgan fingerprint density at radius 1 is 1.15 bits per heavy atom. The molecule has 1 amide bonds. The predicted molar refractivity (Wildman–Crippen MR) is 97.2 cm³/mol. The van der Waals surface area contributed by atoms with E-state index in [1.54, 1.807) is 12.1 Å². The van der Waals surface area contributed by atoms with Gasteiger partial charge in [-0.3, -0.25) is 4.79 Å². The number of nitrogens with zero attached hydrogens (tertiary/aromatic N) is 2. The van der Waals surface area contributed by atoms with Gasteiger partial charge in [-0.1, -0.05) is 29.8 Å². The van der Waals surface area contributed by atoms with Crippen molar-refractivity contribution in [2.45, 2.75) is 6.18 Å². The zero-order valence-corrected chi connectivity index (χ0v) is 15.0. The summed E-state index contributed by atoms with van der Waals surface area (Å²) in [4.78, 5) is 12.8. The molecule has 0 unspecified atom stereocenters. The molecule has 0 spiro atoms. The number of halogens is 4. The van der Waals surface area contributed by atoms with Gasteiger partial charge >= 0.3 is 6.18 Å². The van der Waals surface area contributed by atoms with Crippen molar-refractivity contribution >= 4 is 67.4 Å². The third-order valence-corrected chi connectivity index (χ3v) is 5.89. The van der Waals surface area contributed by atoms with Gasteiger partial charge < -0.3 is 5.32 Å². The van der Waals surface area contributed by atoms with Crippen LogP contribution in [-0.2, 0) is 6.18 Å². The van der Waals surface area contributed by atoms with Crippen LogP contribution in [-0.4, -0.2) is 14.7 Å². The molecule has 4 rings (SSSR count). The maximum absolute atomic E-state index is 13.1. The van der Waals surface area contributed by atoms with E-state index in [0.29, 0.717) is 5.39 Å². The number of fused-ring (bicyclic) bond motifs is 2. The van der Waals surface area contributed by atoms with Gasteiger partial charge in [-0.25, -0.2) is 0 Å². The maximum atomic E-state index is 13.1. The molecule has 4 nitrogen and oxygen atoms in total. The van der Waals surface area contributed by atoms with Gasteiger partial charge in [0, 0.05) is 10.1 Å². The Morgan fingerprint density at radius 2 is 1.92 bits per heavy atom. The molecular formula is C16H7ClF3N3OS2. The molecule has 0 aliphatic heterocycles. The third-order valence-electron chi connectivity index (χ3n) is 3.68. The van der Waals surface area contributed by atoms with E-state index in [2.05, 4.69) is 14.1 Å². The molecule has 10 heteroatoms. The van der Waals surface area contributed by atoms with Crippen LogP contribution in [0.1, 0.15) is 15.2 Å². The number of benzene rings is 2. The van der Waals surface area contributed by atoms with Crippen LogP contribution in [0.25, 0.3) is 21.1 Å². The fourth-order valence-electron chi connectivity index (χ4n) is 2.49. The minimum absolute atomic E-state index is 0.0536. The van der Waals surface area contributed by atoms with E-state index in [1.165, 1.54) is 11.3 Å². The molecule has 1 N–H and O–H groups in total. The van der Waals surface area contributed by atoms with Crippen molar-refractivity contribution in [2.24, 2.45) is 0 Å². The normalized spacial score (nSPS) is 12.0. The highest BCUT2D eigenvalue weighted by atomic mass is 35.5. The van der Waals surface area contributed by atoms with Gasteiger partial charge in [0.15, 0.2) is 0 Å². The van der Waals surface area contributed by atoms with Gasteiger partial charge in [-0.05, 0) is 18.2 Å². The Bertz CT molecular complexity index is 1150. The SMILES string of the molecule is O=C(Nc1cc(C(F)(F)F)cc2nsnc12)c1sc2ccccc2c1Cl. The Balaban J connectivity index is 1.77. The molecule has 0 bridgehead atoms. The monoisotopic (exact) mass is 413 g/mol. The lowest BCUT2D eigenvalue weighted by atomic mass is 10.1. The number of alkyl halides is 3. The zero-order chi connectivity index (χ0) is 18.5. The summed E-state index contributed by atoms with van der Waals surface area (Å²) in [7, 11) is 0. The Hall–Kier alpha value is -2.23. The van der Waals surface area contributed by atoms with E-state index in [4.69, 9.17) is 11.6 Å². The molecule has 132 valence electrons. The number of amides is 1. The summed E-state index contributed by atoms with van der Waals surface area (Å²) in [6.45, 7) is 0.